The molecule has 3 heterocycles. The van der Waals surface area contributed by atoms with Crippen molar-refractivity contribution in [3.8, 4) is 0 Å². The van der Waals surface area contributed by atoms with Crippen LogP contribution in [0.1, 0.15) is 31.5 Å². The highest BCUT2D eigenvalue weighted by Gasteiger charge is 2.34. The minimum atomic E-state index is -1.56. The minimum absolute atomic E-state index is 0.0523. The number of amides is 2. The van der Waals surface area contributed by atoms with Gasteiger partial charge in [0, 0.05) is 19.0 Å². The molecule has 1 aromatic heterocycles. The van der Waals surface area contributed by atoms with E-state index in [9.17, 15) is 22.8 Å². The summed E-state index contributed by atoms with van der Waals surface area (Å²) in [5, 5.41) is 4.33. The van der Waals surface area contributed by atoms with Crippen LogP contribution >= 0.6 is 0 Å². The molecule has 2 aliphatic rings. The smallest absolute Gasteiger partial charge is 0.414 e. The Bertz CT molecular complexity index is 986. The number of rotatable bonds is 3. The van der Waals surface area contributed by atoms with Crippen molar-refractivity contribution < 1.29 is 27.5 Å². The maximum absolute atomic E-state index is 13.5. The number of fused-ring (bicyclic) bond motifs is 1. The van der Waals surface area contributed by atoms with Crippen LogP contribution in [0.4, 0.5) is 23.7 Å². The molecule has 2 aromatic rings. The van der Waals surface area contributed by atoms with Crippen molar-refractivity contribution in [2.24, 2.45) is 0 Å². The lowest BCUT2D eigenvalue weighted by Crippen LogP contribution is -2.47. The Labute approximate surface area is 171 Å². The molecule has 1 unspecified atom stereocenters. The van der Waals surface area contributed by atoms with Crippen LogP contribution in [-0.4, -0.2) is 45.4 Å². The highest BCUT2D eigenvalue weighted by molar-refractivity contribution is 5.89. The highest BCUT2D eigenvalue weighted by atomic mass is 19.2. The first-order valence-corrected chi connectivity index (χ1v) is 9.70. The van der Waals surface area contributed by atoms with E-state index in [1.54, 1.807) is 15.8 Å². The van der Waals surface area contributed by atoms with Gasteiger partial charge in [-0.2, -0.15) is 5.10 Å². The first-order valence-electron chi connectivity index (χ1n) is 9.70. The molecule has 2 amide bonds. The fourth-order valence-electron chi connectivity index (χ4n) is 3.85. The number of benzene rings is 1. The largest absolute Gasteiger partial charge is 0.446 e. The average molecular weight is 422 g/mol. The van der Waals surface area contributed by atoms with E-state index in [4.69, 9.17) is 4.74 Å². The van der Waals surface area contributed by atoms with Gasteiger partial charge in [-0.1, -0.05) is 0 Å². The molecule has 0 radical (unpaired) electrons. The first-order chi connectivity index (χ1) is 14.2. The van der Waals surface area contributed by atoms with E-state index in [2.05, 4.69) is 5.10 Å². The predicted octanol–water partition coefficient (Wildman–Crippen LogP) is 3.01. The zero-order chi connectivity index (χ0) is 21.6. The second-order valence-electron chi connectivity index (χ2n) is 7.71. The van der Waals surface area contributed by atoms with Gasteiger partial charge < -0.3 is 9.64 Å². The van der Waals surface area contributed by atoms with Crippen molar-refractivity contribution in [3.63, 3.8) is 0 Å². The zero-order valence-corrected chi connectivity index (χ0v) is 16.6. The summed E-state index contributed by atoms with van der Waals surface area (Å²) in [6.07, 6.45) is 1.37. The molecule has 0 aliphatic carbocycles. The molecule has 0 saturated carbocycles. The Balaban J connectivity index is 1.55. The van der Waals surface area contributed by atoms with Gasteiger partial charge >= 0.3 is 6.09 Å². The molecular formula is C20H21F3N4O3. The Hall–Kier alpha value is -3.04. The molecule has 10 heteroatoms. The van der Waals surface area contributed by atoms with Gasteiger partial charge in [0.1, 0.15) is 6.10 Å². The van der Waals surface area contributed by atoms with E-state index in [-0.39, 0.29) is 36.6 Å². The summed E-state index contributed by atoms with van der Waals surface area (Å²) in [7, 11) is 0. The summed E-state index contributed by atoms with van der Waals surface area (Å²) in [4.78, 5) is 28.2. The quantitative estimate of drug-likeness (QED) is 0.714. The summed E-state index contributed by atoms with van der Waals surface area (Å²) < 4.78 is 47.2. The SMILES string of the molecule is CC1CCN(c2cnn3c2CN(C(=O)Cc2cc(F)c(F)c(F)c2)[C@@H](C)C3)C(=O)O1. The van der Waals surface area contributed by atoms with Gasteiger partial charge in [-0.3, -0.25) is 14.4 Å². The highest BCUT2D eigenvalue weighted by Crippen LogP contribution is 2.30. The maximum atomic E-state index is 13.5. The molecule has 0 spiro atoms. The lowest BCUT2D eigenvalue weighted by atomic mass is 10.1. The normalized spacial score (nSPS) is 21.4. The van der Waals surface area contributed by atoms with Crippen LogP contribution in [0, 0.1) is 17.5 Å². The molecule has 0 bridgehead atoms. The van der Waals surface area contributed by atoms with Crippen molar-refractivity contribution in [2.45, 2.75) is 51.9 Å². The van der Waals surface area contributed by atoms with Crippen LogP contribution in [0.3, 0.4) is 0 Å². The third-order valence-electron chi connectivity index (χ3n) is 5.51. The summed E-state index contributed by atoms with van der Waals surface area (Å²) >= 11 is 0. The van der Waals surface area contributed by atoms with Crippen molar-refractivity contribution >= 4 is 17.7 Å². The molecule has 1 saturated heterocycles. The van der Waals surface area contributed by atoms with E-state index in [1.807, 2.05) is 13.8 Å². The number of nitrogens with zero attached hydrogens (tertiary/aromatic N) is 4. The lowest BCUT2D eigenvalue weighted by Gasteiger charge is -2.36. The standard InChI is InChI=1S/C20H21F3N4O3/c1-11-9-27-17(16(8-24-27)25-4-3-12(2)30-20(25)29)10-26(11)18(28)7-13-5-14(21)19(23)15(22)6-13/h5-6,8,11-12H,3-4,7,9-10H2,1-2H3/t11-,12?/m0/s1. The number of hydrogen-bond acceptors (Lipinski definition) is 4. The number of hydrogen-bond donors (Lipinski definition) is 0. The second-order valence-corrected chi connectivity index (χ2v) is 7.71. The number of ether oxygens (including phenoxy) is 1. The Morgan fingerprint density at radius 2 is 1.93 bits per heavy atom. The van der Waals surface area contributed by atoms with Gasteiger partial charge in [-0.05, 0) is 31.5 Å². The number of carbonyl (C=O) groups excluding carboxylic acids is 2. The van der Waals surface area contributed by atoms with E-state index in [1.165, 1.54) is 4.90 Å². The van der Waals surface area contributed by atoms with Gasteiger partial charge in [0.05, 0.1) is 37.1 Å². The van der Waals surface area contributed by atoms with Crippen molar-refractivity contribution in [3.05, 3.63) is 47.0 Å². The summed E-state index contributed by atoms with van der Waals surface area (Å²) in [5.41, 5.74) is 1.32. The van der Waals surface area contributed by atoms with Crippen molar-refractivity contribution in [2.75, 3.05) is 11.4 Å². The molecule has 0 N–H and O–H groups in total. The fourth-order valence-corrected chi connectivity index (χ4v) is 3.85. The van der Waals surface area contributed by atoms with Crippen LogP contribution in [0.2, 0.25) is 0 Å². The molecule has 4 rings (SSSR count). The van der Waals surface area contributed by atoms with E-state index in [0.717, 1.165) is 12.1 Å². The third-order valence-corrected chi connectivity index (χ3v) is 5.51. The molecule has 30 heavy (non-hydrogen) atoms. The van der Waals surface area contributed by atoms with E-state index < -0.39 is 23.5 Å². The van der Waals surface area contributed by atoms with Gasteiger partial charge in [0.15, 0.2) is 17.5 Å². The summed E-state index contributed by atoms with van der Waals surface area (Å²) in [5.74, 6) is -4.58. The molecule has 1 aromatic carbocycles. The number of carbonyl (C=O) groups is 2. The van der Waals surface area contributed by atoms with Crippen LogP contribution in [0.15, 0.2) is 18.3 Å². The topological polar surface area (TPSA) is 67.7 Å². The minimum Gasteiger partial charge on any atom is -0.446 e. The maximum Gasteiger partial charge on any atom is 0.414 e. The predicted molar refractivity (Wildman–Crippen MR) is 100 cm³/mol. The van der Waals surface area contributed by atoms with Crippen LogP contribution < -0.4 is 4.90 Å². The van der Waals surface area contributed by atoms with Gasteiger partial charge in [0.2, 0.25) is 5.91 Å². The van der Waals surface area contributed by atoms with Gasteiger partial charge in [-0.15, -0.1) is 0 Å². The summed E-state index contributed by atoms with van der Waals surface area (Å²) in [6.45, 7) is 4.74. The van der Waals surface area contributed by atoms with Gasteiger partial charge in [-0.25, -0.2) is 18.0 Å². The van der Waals surface area contributed by atoms with Crippen LogP contribution in [0.25, 0.3) is 0 Å². The number of cyclic esters (lactones) is 1. The lowest BCUT2D eigenvalue weighted by molar-refractivity contribution is -0.134. The summed E-state index contributed by atoms with van der Waals surface area (Å²) in [6, 6.07) is 1.43. The Morgan fingerprint density at radius 1 is 1.23 bits per heavy atom. The molecule has 2 aliphatic heterocycles. The molecule has 1 fully saturated rings. The van der Waals surface area contributed by atoms with Crippen molar-refractivity contribution in [1.82, 2.24) is 14.7 Å². The Morgan fingerprint density at radius 3 is 2.60 bits per heavy atom. The molecular weight excluding hydrogens is 401 g/mol. The fraction of sp³-hybridized carbons (Fsp3) is 0.450. The average Bonchev–Trinajstić information content (AvgIpc) is 3.07. The number of aromatic nitrogens is 2. The number of halogens is 3. The van der Waals surface area contributed by atoms with E-state index >= 15 is 0 Å². The van der Waals surface area contributed by atoms with E-state index in [0.29, 0.717) is 30.9 Å². The van der Waals surface area contributed by atoms with Crippen LogP contribution in [-0.2, 0) is 29.0 Å². The molecule has 2 atom stereocenters. The second kappa shape index (κ2) is 7.66. The third kappa shape index (κ3) is 3.61. The monoisotopic (exact) mass is 422 g/mol. The van der Waals surface area contributed by atoms with Gasteiger partial charge in [0.25, 0.3) is 0 Å². The first kappa shape index (κ1) is 20.2. The van der Waals surface area contributed by atoms with Crippen molar-refractivity contribution in [1.29, 1.82) is 0 Å². The zero-order valence-electron chi connectivity index (χ0n) is 16.6. The number of anilines is 1. The molecule has 160 valence electrons. The van der Waals surface area contributed by atoms with Crippen LogP contribution in [0.5, 0.6) is 0 Å². The Kier molecular flexibility index (Phi) is 5.17. The molecule has 7 nitrogen and oxygen atoms in total.